The van der Waals surface area contributed by atoms with E-state index in [9.17, 15) is 4.79 Å². The van der Waals surface area contributed by atoms with Crippen LogP contribution < -0.4 is 20.5 Å². The van der Waals surface area contributed by atoms with Crippen molar-refractivity contribution in [3.05, 3.63) is 22.7 Å². The highest BCUT2D eigenvalue weighted by Gasteiger charge is 2.14. The first-order chi connectivity index (χ1) is 13.0. The summed E-state index contributed by atoms with van der Waals surface area (Å²) in [4.78, 5) is 10.9. The molecule has 2 aromatic rings. The van der Waals surface area contributed by atoms with Gasteiger partial charge in [-0.15, -0.1) is 5.10 Å². The molecule has 0 bridgehead atoms. The molecular formula is C16H24ClN6O3S+. The predicted octanol–water partition coefficient (Wildman–Crippen LogP) is 0.372. The van der Waals surface area contributed by atoms with Gasteiger partial charge in [0.2, 0.25) is 5.16 Å². The Morgan fingerprint density at radius 1 is 1.41 bits per heavy atom. The molecule has 1 amide bonds. The number of nitrogens with two attached hydrogens (primary N) is 2. The molecule has 0 atom stereocenters. The molecule has 0 unspecified atom stereocenters. The number of primary amides is 1. The summed E-state index contributed by atoms with van der Waals surface area (Å²) in [5.41, 5.74) is 6.14. The molecule has 0 saturated carbocycles. The van der Waals surface area contributed by atoms with Gasteiger partial charge in [0.05, 0.1) is 18.2 Å². The van der Waals surface area contributed by atoms with Gasteiger partial charge in [-0.1, -0.05) is 23.4 Å². The largest absolute Gasteiger partial charge is 0.490 e. The Morgan fingerprint density at radius 2 is 2.22 bits per heavy atom. The number of aryl methyl sites for hydroxylation is 1. The number of thioether (sulfide) groups is 1. The normalized spacial score (nSPS) is 10.8. The first-order valence-electron chi connectivity index (χ1n) is 8.54. The van der Waals surface area contributed by atoms with E-state index in [4.69, 9.17) is 26.8 Å². The third-order valence-electron chi connectivity index (χ3n) is 3.47. The van der Waals surface area contributed by atoms with Crippen LogP contribution in [0.1, 0.15) is 18.9 Å². The Hall–Kier alpha value is -2.04. The number of rotatable bonds is 12. The minimum Gasteiger partial charge on any atom is -0.490 e. The van der Waals surface area contributed by atoms with Crippen molar-refractivity contribution in [1.29, 1.82) is 0 Å². The minimum absolute atomic E-state index is 0.246. The van der Waals surface area contributed by atoms with Crippen LogP contribution in [0.3, 0.4) is 0 Å². The number of ether oxygens (including phenoxy) is 2. The summed E-state index contributed by atoms with van der Waals surface area (Å²) < 4.78 is 12.6. The van der Waals surface area contributed by atoms with Crippen LogP contribution in [0.4, 0.5) is 0 Å². The lowest BCUT2D eigenvalue weighted by molar-refractivity contribution is -0.670. The average Bonchev–Trinajstić information content (AvgIpc) is 3.02. The fourth-order valence-corrected chi connectivity index (χ4v) is 3.39. The summed E-state index contributed by atoms with van der Waals surface area (Å²) >= 11 is 7.93. The van der Waals surface area contributed by atoms with E-state index in [0.717, 1.165) is 36.0 Å². The SMILES string of the molecule is CCOc1cc(C[NH2+]CCCSc2nnnn2C)cc(Cl)c1OCC(N)=O. The van der Waals surface area contributed by atoms with Crippen LogP contribution in [-0.2, 0) is 18.4 Å². The topological polar surface area (TPSA) is 122 Å². The fourth-order valence-electron chi connectivity index (χ4n) is 2.29. The number of nitrogens with zero attached hydrogens (tertiary/aromatic N) is 4. The molecule has 2 rings (SSSR count). The Morgan fingerprint density at radius 3 is 2.89 bits per heavy atom. The molecular weight excluding hydrogens is 392 g/mol. The van der Waals surface area contributed by atoms with E-state index in [0.29, 0.717) is 23.1 Å². The van der Waals surface area contributed by atoms with Crippen molar-refractivity contribution in [2.75, 3.05) is 25.5 Å². The molecule has 27 heavy (non-hydrogen) atoms. The number of hydrogen-bond acceptors (Lipinski definition) is 7. The van der Waals surface area contributed by atoms with Crippen LogP contribution in [0.2, 0.25) is 5.02 Å². The van der Waals surface area contributed by atoms with Gasteiger partial charge in [0.15, 0.2) is 18.1 Å². The highest BCUT2D eigenvalue weighted by Crippen LogP contribution is 2.36. The second-order valence-electron chi connectivity index (χ2n) is 5.66. The van der Waals surface area contributed by atoms with Gasteiger partial charge in [0, 0.05) is 24.8 Å². The van der Waals surface area contributed by atoms with E-state index in [1.54, 1.807) is 16.4 Å². The highest BCUT2D eigenvalue weighted by molar-refractivity contribution is 7.99. The molecule has 1 heterocycles. The lowest BCUT2D eigenvalue weighted by Gasteiger charge is -2.14. The van der Waals surface area contributed by atoms with Gasteiger partial charge in [0.25, 0.3) is 5.91 Å². The zero-order chi connectivity index (χ0) is 19.6. The first kappa shape index (κ1) is 21.3. The van der Waals surface area contributed by atoms with E-state index in [1.165, 1.54) is 0 Å². The highest BCUT2D eigenvalue weighted by atomic mass is 35.5. The molecule has 0 aliphatic heterocycles. The van der Waals surface area contributed by atoms with Crippen molar-refractivity contribution in [2.45, 2.75) is 25.0 Å². The van der Waals surface area contributed by atoms with Gasteiger partial charge in [-0.2, -0.15) is 0 Å². The molecule has 0 aliphatic carbocycles. The zero-order valence-electron chi connectivity index (χ0n) is 15.4. The summed E-state index contributed by atoms with van der Waals surface area (Å²) in [5.74, 6) is 1.23. The molecule has 1 aromatic heterocycles. The van der Waals surface area contributed by atoms with Gasteiger partial charge < -0.3 is 20.5 Å². The lowest BCUT2D eigenvalue weighted by atomic mass is 10.2. The Bertz CT molecular complexity index is 758. The minimum atomic E-state index is -0.569. The molecule has 0 spiro atoms. The Kier molecular flexibility index (Phi) is 8.62. The number of amides is 1. The van der Waals surface area contributed by atoms with E-state index < -0.39 is 5.91 Å². The van der Waals surface area contributed by atoms with Crippen LogP contribution in [-0.4, -0.2) is 51.6 Å². The number of hydrogen-bond donors (Lipinski definition) is 2. The summed E-state index contributed by atoms with van der Waals surface area (Å²) in [6, 6.07) is 3.69. The van der Waals surface area contributed by atoms with Crippen molar-refractivity contribution in [1.82, 2.24) is 20.2 Å². The van der Waals surface area contributed by atoms with Gasteiger partial charge in [-0.05, 0) is 29.5 Å². The van der Waals surface area contributed by atoms with Gasteiger partial charge in [0.1, 0.15) is 6.54 Å². The van der Waals surface area contributed by atoms with Gasteiger partial charge in [-0.3, -0.25) is 4.79 Å². The number of halogens is 1. The van der Waals surface area contributed by atoms with Crippen molar-refractivity contribution in [3.8, 4) is 11.5 Å². The molecule has 9 nitrogen and oxygen atoms in total. The van der Waals surface area contributed by atoms with Crippen molar-refractivity contribution in [3.63, 3.8) is 0 Å². The van der Waals surface area contributed by atoms with Gasteiger partial charge >= 0.3 is 0 Å². The zero-order valence-corrected chi connectivity index (χ0v) is 16.9. The Balaban J connectivity index is 1.82. The maximum absolute atomic E-state index is 10.9. The average molecular weight is 416 g/mol. The van der Waals surface area contributed by atoms with E-state index >= 15 is 0 Å². The standard InChI is InChI=1S/C16H23ClN6O3S/c1-3-25-13-8-11(7-12(17)15(13)26-10-14(18)24)9-19-5-4-6-27-16-20-21-22-23(16)2/h7-8,19H,3-6,9-10H2,1-2H3,(H2,18,24)/p+1. The number of carbonyl (C=O) groups excluding carboxylic acids is 1. The van der Waals surface area contributed by atoms with Crippen LogP contribution in [0.15, 0.2) is 17.3 Å². The number of aromatic nitrogens is 4. The van der Waals surface area contributed by atoms with Crippen molar-refractivity contribution < 1.29 is 19.6 Å². The third-order valence-corrected chi connectivity index (χ3v) is 4.85. The second kappa shape index (κ2) is 11.0. The lowest BCUT2D eigenvalue weighted by Crippen LogP contribution is -2.82. The first-order valence-corrected chi connectivity index (χ1v) is 9.90. The third kappa shape index (κ3) is 6.89. The molecule has 0 aliphatic rings. The Labute approximate surface area is 166 Å². The van der Waals surface area contributed by atoms with Crippen molar-refractivity contribution in [2.24, 2.45) is 12.8 Å². The molecule has 0 saturated heterocycles. The number of carbonyl (C=O) groups is 1. The fraction of sp³-hybridized carbons (Fsp3) is 0.500. The molecule has 4 N–H and O–H groups in total. The maximum Gasteiger partial charge on any atom is 0.255 e. The number of quaternary nitrogens is 1. The number of benzene rings is 1. The molecule has 148 valence electrons. The van der Waals surface area contributed by atoms with E-state index in [-0.39, 0.29) is 6.61 Å². The maximum atomic E-state index is 10.9. The summed E-state index contributed by atoms with van der Waals surface area (Å²) in [5, 5.41) is 14.8. The molecule has 0 radical (unpaired) electrons. The predicted molar refractivity (Wildman–Crippen MR) is 102 cm³/mol. The van der Waals surface area contributed by atoms with Crippen molar-refractivity contribution >= 4 is 29.3 Å². The summed E-state index contributed by atoms with van der Waals surface area (Å²) in [7, 11) is 1.82. The molecule has 11 heteroatoms. The second-order valence-corrected chi connectivity index (χ2v) is 7.13. The van der Waals surface area contributed by atoms with Crippen LogP contribution in [0.5, 0.6) is 11.5 Å². The molecule has 0 fully saturated rings. The van der Waals surface area contributed by atoms with E-state index in [2.05, 4.69) is 20.8 Å². The summed E-state index contributed by atoms with van der Waals surface area (Å²) in [6.45, 7) is 3.80. The quantitative estimate of drug-likeness (QED) is 0.379. The molecule has 1 aromatic carbocycles. The summed E-state index contributed by atoms with van der Waals surface area (Å²) in [6.07, 6.45) is 1.02. The van der Waals surface area contributed by atoms with Crippen LogP contribution in [0.25, 0.3) is 0 Å². The smallest absolute Gasteiger partial charge is 0.255 e. The van der Waals surface area contributed by atoms with Gasteiger partial charge in [-0.25, -0.2) is 4.68 Å². The van der Waals surface area contributed by atoms with Crippen LogP contribution in [0, 0.1) is 0 Å². The van der Waals surface area contributed by atoms with Crippen LogP contribution >= 0.6 is 23.4 Å². The number of tetrazole rings is 1. The monoisotopic (exact) mass is 415 g/mol. The van der Waals surface area contributed by atoms with E-state index in [1.807, 2.05) is 26.1 Å².